The van der Waals surface area contributed by atoms with Crippen molar-refractivity contribution in [3.63, 3.8) is 0 Å². The van der Waals surface area contributed by atoms with Gasteiger partial charge in [0.1, 0.15) is 22.5 Å². The minimum absolute atomic E-state index is 0.0892. The number of ether oxygens (including phenoxy) is 2. The second-order valence-corrected chi connectivity index (χ2v) is 8.35. The number of thiocarbonyl (C=S) groups is 1. The largest absolute Gasteiger partial charge is 0.467 e. The number of esters is 1. The van der Waals surface area contributed by atoms with Crippen molar-refractivity contribution < 1.29 is 23.2 Å². The van der Waals surface area contributed by atoms with E-state index in [-0.39, 0.29) is 17.4 Å². The van der Waals surface area contributed by atoms with E-state index < -0.39 is 12.0 Å². The van der Waals surface area contributed by atoms with E-state index in [9.17, 15) is 9.18 Å². The monoisotopic (exact) mass is 486 g/mol. The molecule has 2 heterocycles. The average molecular weight is 487 g/mol. The zero-order valence-corrected chi connectivity index (χ0v) is 19.3. The molecule has 11 heteroatoms. The van der Waals surface area contributed by atoms with Gasteiger partial charge in [-0.05, 0) is 30.3 Å². The number of nitrogens with zero attached hydrogens (tertiary/aromatic N) is 2. The summed E-state index contributed by atoms with van der Waals surface area (Å²) in [7, 11) is 2.76. The quantitative estimate of drug-likeness (QED) is 0.279. The Morgan fingerprint density at radius 2 is 2.00 bits per heavy atom. The third kappa shape index (κ3) is 5.33. The second kappa shape index (κ2) is 10.0. The molecule has 0 radical (unpaired) electrons. The number of thiazole rings is 1. The van der Waals surface area contributed by atoms with Gasteiger partial charge in [-0.1, -0.05) is 40.8 Å². The van der Waals surface area contributed by atoms with E-state index in [0.29, 0.717) is 16.6 Å². The second-order valence-electron chi connectivity index (χ2n) is 6.91. The highest BCUT2D eigenvalue weighted by Gasteiger charge is 2.22. The van der Waals surface area contributed by atoms with Gasteiger partial charge in [0.2, 0.25) is 0 Å². The molecule has 2 aromatic heterocycles. The highest BCUT2D eigenvalue weighted by atomic mass is 32.1. The summed E-state index contributed by atoms with van der Waals surface area (Å²) in [5.41, 5.74) is 2.95. The van der Waals surface area contributed by atoms with E-state index in [2.05, 4.69) is 20.8 Å². The van der Waals surface area contributed by atoms with Gasteiger partial charge < -0.3 is 24.6 Å². The van der Waals surface area contributed by atoms with E-state index in [1.807, 2.05) is 24.3 Å². The number of fused-ring (bicyclic) bond motifs is 1. The number of hydrogen-bond donors (Lipinski definition) is 2. The zero-order valence-electron chi connectivity index (χ0n) is 17.6. The van der Waals surface area contributed by atoms with Gasteiger partial charge in [-0.25, -0.2) is 14.2 Å². The molecule has 8 nitrogen and oxygen atoms in total. The molecule has 170 valence electrons. The van der Waals surface area contributed by atoms with Gasteiger partial charge in [-0.2, -0.15) is 0 Å². The molecule has 0 fully saturated rings. The normalized spacial score (nSPS) is 11.8. The van der Waals surface area contributed by atoms with Crippen LogP contribution in [0.5, 0.6) is 0 Å². The summed E-state index contributed by atoms with van der Waals surface area (Å²) in [6, 6.07) is 12.9. The number of nitrogens with one attached hydrogen (secondary N) is 2. The molecule has 0 amide bonds. The Bertz CT molecular complexity index is 1290. The van der Waals surface area contributed by atoms with Crippen molar-refractivity contribution in [2.24, 2.45) is 0 Å². The molecule has 33 heavy (non-hydrogen) atoms. The molecule has 0 aliphatic carbocycles. The molecule has 2 N–H and O–H groups in total. The first-order valence-corrected chi connectivity index (χ1v) is 11.0. The molecular weight excluding hydrogens is 467 g/mol. The van der Waals surface area contributed by atoms with Crippen LogP contribution < -0.4 is 10.6 Å². The molecular formula is C22H19FN4O4S2. The minimum atomic E-state index is -0.759. The smallest absolute Gasteiger partial charge is 0.330 e. The highest BCUT2D eigenvalue weighted by molar-refractivity contribution is 7.80. The van der Waals surface area contributed by atoms with Crippen molar-refractivity contribution in [3.05, 3.63) is 60.1 Å². The van der Waals surface area contributed by atoms with Crippen molar-refractivity contribution in [2.75, 3.05) is 26.1 Å². The summed E-state index contributed by atoms with van der Waals surface area (Å²) in [4.78, 5) is 16.5. The Morgan fingerprint density at radius 3 is 2.73 bits per heavy atom. The Balaban J connectivity index is 1.43. The van der Waals surface area contributed by atoms with E-state index in [0.717, 1.165) is 21.5 Å². The predicted molar refractivity (Wildman–Crippen MR) is 127 cm³/mol. The summed E-state index contributed by atoms with van der Waals surface area (Å²) in [5, 5.41) is 10.8. The summed E-state index contributed by atoms with van der Waals surface area (Å²) in [6.45, 7) is 0.0892. The number of hydrogen-bond acceptors (Lipinski definition) is 9. The highest BCUT2D eigenvalue weighted by Crippen LogP contribution is 2.29. The van der Waals surface area contributed by atoms with Crippen molar-refractivity contribution in [2.45, 2.75) is 6.04 Å². The number of carbonyl (C=O) groups is 1. The Labute approximate surface area is 197 Å². The molecule has 4 rings (SSSR count). The number of methoxy groups -OCH3 is 2. The first kappa shape index (κ1) is 22.8. The maximum atomic E-state index is 13.4. The van der Waals surface area contributed by atoms with Gasteiger partial charge >= 0.3 is 5.97 Å². The summed E-state index contributed by atoms with van der Waals surface area (Å²) in [6.07, 6.45) is 0. The van der Waals surface area contributed by atoms with Crippen molar-refractivity contribution in [1.82, 2.24) is 15.5 Å². The molecule has 1 unspecified atom stereocenters. The number of benzene rings is 2. The predicted octanol–water partition coefficient (Wildman–Crippen LogP) is 4.29. The van der Waals surface area contributed by atoms with Crippen LogP contribution in [0.3, 0.4) is 0 Å². The zero-order chi connectivity index (χ0) is 23.4. The maximum absolute atomic E-state index is 13.4. The van der Waals surface area contributed by atoms with E-state index in [1.165, 1.54) is 37.7 Å². The van der Waals surface area contributed by atoms with Crippen LogP contribution in [-0.2, 0) is 14.3 Å². The standard InChI is InChI=1S/C22H19FN4O4S2/c1-29-11-17(21(28)30-2)25-20(32)18-10-16(27-31-18)12-3-6-14(7-4-12)24-22-26-15-8-5-13(23)9-19(15)33-22/h3-10,17H,11H2,1-2H3,(H,24,26)(H,25,32). The van der Waals surface area contributed by atoms with Crippen molar-refractivity contribution in [3.8, 4) is 11.3 Å². The molecule has 0 saturated heterocycles. The van der Waals surface area contributed by atoms with Gasteiger partial charge in [-0.15, -0.1) is 0 Å². The first-order chi connectivity index (χ1) is 16.0. The lowest BCUT2D eigenvalue weighted by Gasteiger charge is -2.15. The van der Waals surface area contributed by atoms with Crippen LogP contribution in [0.15, 0.2) is 53.1 Å². The third-order valence-electron chi connectivity index (χ3n) is 4.64. The maximum Gasteiger partial charge on any atom is 0.330 e. The number of halogens is 1. The molecule has 0 bridgehead atoms. The lowest BCUT2D eigenvalue weighted by atomic mass is 10.1. The molecule has 2 aromatic carbocycles. The molecule has 4 aromatic rings. The van der Waals surface area contributed by atoms with E-state index >= 15 is 0 Å². The van der Waals surface area contributed by atoms with E-state index in [1.54, 1.807) is 12.1 Å². The summed E-state index contributed by atoms with van der Waals surface area (Å²) in [5.74, 6) is -0.475. The van der Waals surface area contributed by atoms with Gasteiger partial charge in [0.25, 0.3) is 0 Å². The average Bonchev–Trinajstić information content (AvgIpc) is 3.45. The number of carbonyl (C=O) groups excluding carboxylic acids is 1. The molecule has 0 saturated carbocycles. The summed E-state index contributed by atoms with van der Waals surface area (Å²) < 4.78 is 29.3. The Kier molecular flexibility index (Phi) is 6.92. The topological polar surface area (TPSA) is 98.5 Å². The van der Waals surface area contributed by atoms with Crippen LogP contribution in [0.2, 0.25) is 0 Å². The molecule has 0 aliphatic heterocycles. The molecule has 0 aliphatic rings. The SMILES string of the molecule is COCC(NC(=S)c1cc(-c2ccc(Nc3nc4ccc(F)cc4s3)cc2)no1)C(=O)OC. The van der Waals surface area contributed by atoms with Crippen molar-refractivity contribution in [1.29, 1.82) is 0 Å². The number of anilines is 2. The van der Waals surface area contributed by atoms with Gasteiger partial charge in [0.05, 0.1) is 23.9 Å². The van der Waals surface area contributed by atoms with Crippen LogP contribution in [-0.4, -0.2) is 48.0 Å². The number of rotatable bonds is 8. The fourth-order valence-corrected chi connectivity index (χ4v) is 4.17. The fourth-order valence-electron chi connectivity index (χ4n) is 3.02. The minimum Gasteiger partial charge on any atom is -0.467 e. The Morgan fingerprint density at radius 1 is 1.21 bits per heavy atom. The van der Waals surface area contributed by atoms with Crippen LogP contribution in [0, 0.1) is 5.82 Å². The van der Waals surface area contributed by atoms with Gasteiger partial charge in [0.15, 0.2) is 10.9 Å². The summed E-state index contributed by atoms with van der Waals surface area (Å²) >= 11 is 6.70. The Hall–Kier alpha value is -3.41. The molecule has 0 spiro atoms. The lowest BCUT2D eigenvalue weighted by Crippen LogP contribution is -2.44. The van der Waals surface area contributed by atoms with Gasteiger partial charge in [-0.3, -0.25) is 0 Å². The first-order valence-electron chi connectivity index (χ1n) is 9.74. The van der Waals surface area contributed by atoms with Crippen LogP contribution >= 0.6 is 23.6 Å². The van der Waals surface area contributed by atoms with Crippen molar-refractivity contribution >= 4 is 55.5 Å². The van der Waals surface area contributed by atoms with Gasteiger partial charge in [0, 0.05) is 24.4 Å². The van der Waals surface area contributed by atoms with Crippen LogP contribution in [0.4, 0.5) is 15.2 Å². The number of aromatic nitrogens is 2. The fraction of sp³-hybridized carbons (Fsp3) is 0.182. The van der Waals surface area contributed by atoms with Crippen LogP contribution in [0.1, 0.15) is 5.76 Å². The lowest BCUT2D eigenvalue weighted by molar-refractivity contribution is -0.143. The molecule has 1 atom stereocenters. The van der Waals surface area contributed by atoms with Crippen LogP contribution in [0.25, 0.3) is 21.5 Å². The van der Waals surface area contributed by atoms with E-state index in [4.69, 9.17) is 26.2 Å². The third-order valence-corrected chi connectivity index (χ3v) is 5.89.